The molecule has 2 aromatic rings. The molecule has 7 heteroatoms. The van der Waals surface area contributed by atoms with Gasteiger partial charge in [0.15, 0.2) is 0 Å². The van der Waals surface area contributed by atoms with Gasteiger partial charge in [-0.2, -0.15) is 0 Å². The second-order valence-corrected chi connectivity index (χ2v) is 10.2. The summed E-state index contributed by atoms with van der Waals surface area (Å²) in [5.41, 5.74) is 1.89. The number of anilines is 1. The number of para-hydroxylation sites is 1. The van der Waals surface area contributed by atoms with Crippen LogP contribution in [0, 0.1) is 0 Å². The first-order valence-corrected chi connectivity index (χ1v) is 12.8. The zero-order chi connectivity index (χ0) is 24.4. The van der Waals surface area contributed by atoms with E-state index in [4.69, 9.17) is 0 Å². The van der Waals surface area contributed by atoms with Gasteiger partial charge in [-0.15, -0.1) is 0 Å². The highest BCUT2D eigenvalue weighted by Crippen LogP contribution is 2.44. The Morgan fingerprint density at radius 2 is 1.86 bits per heavy atom. The molecule has 0 aliphatic carbocycles. The zero-order valence-electron chi connectivity index (χ0n) is 20.4. The van der Waals surface area contributed by atoms with Gasteiger partial charge in [-0.05, 0) is 56.8 Å². The number of piperidine rings is 1. The lowest BCUT2D eigenvalue weighted by Gasteiger charge is -2.48. The maximum absolute atomic E-state index is 13.3. The number of hydrogen-bond donors (Lipinski definition) is 1. The third-order valence-electron chi connectivity index (χ3n) is 7.65. The highest BCUT2D eigenvalue weighted by atomic mass is 16.2. The topological polar surface area (TPSA) is 73.0 Å². The molecule has 3 aliphatic heterocycles. The molecule has 7 nitrogen and oxygen atoms in total. The van der Waals surface area contributed by atoms with E-state index in [1.54, 1.807) is 15.9 Å². The Morgan fingerprint density at radius 3 is 2.69 bits per heavy atom. The molecular formula is C28H34N4O3. The molecule has 3 amide bonds. The summed E-state index contributed by atoms with van der Waals surface area (Å²) in [5.74, 6) is 0.0248. The summed E-state index contributed by atoms with van der Waals surface area (Å²) in [6.07, 6.45) is 4.03. The Labute approximate surface area is 207 Å². The number of hydrogen-bond acceptors (Lipinski definition) is 4. The van der Waals surface area contributed by atoms with Crippen molar-refractivity contribution in [3.8, 4) is 0 Å². The van der Waals surface area contributed by atoms with Crippen LogP contribution in [-0.2, 0) is 16.1 Å². The lowest BCUT2D eigenvalue weighted by Crippen LogP contribution is -2.62. The van der Waals surface area contributed by atoms with Gasteiger partial charge in [0.05, 0.1) is 11.3 Å². The molecule has 2 fully saturated rings. The number of carbonyl (C=O) groups excluding carboxylic acids is 3. The monoisotopic (exact) mass is 474 g/mol. The first-order chi connectivity index (χ1) is 17.0. The molecule has 2 unspecified atom stereocenters. The predicted octanol–water partition coefficient (Wildman–Crippen LogP) is 3.55. The van der Waals surface area contributed by atoms with Crippen molar-refractivity contribution in [1.82, 2.24) is 15.1 Å². The standard InChI is InChI=1S/C28H34N4O3/c1-28-16-15-26(34)32(28)24-13-6-5-12-23(24)27(35)31(28)18-8-14-25(33)29-22-11-7-17-30(20-22)19-21-9-3-2-4-10-21/h2-6,9-10,12-13,22H,7-8,11,14-20H2,1H3,(H,29,33). The molecule has 1 N–H and O–H groups in total. The molecule has 5 rings (SSSR count). The minimum atomic E-state index is -0.666. The Kier molecular flexibility index (Phi) is 6.60. The largest absolute Gasteiger partial charge is 0.352 e. The highest BCUT2D eigenvalue weighted by Gasteiger charge is 2.52. The van der Waals surface area contributed by atoms with E-state index in [0.717, 1.165) is 32.5 Å². The van der Waals surface area contributed by atoms with Gasteiger partial charge in [0.25, 0.3) is 5.91 Å². The molecule has 3 aliphatic rings. The van der Waals surface area contributed by atoms with Gasteiger partial charge in [-0.25, -0.2) is 0 Å². The van der Waals surface area contributed by atoms with Crippen LogP contribution < -0.4 is 10.2 Å². The normalized spacial score (nSPS) is 24.3. The van der Waals surface area contributed by atoms with Crippen molar-refractivity contribution in [1.29, 1.82) is 0 Å². The van der Waals surface area contributed by atoms with Crippen LogP contribution in [-0.4, -0.2) is 58.9 Å². The van der Waals surface area contributed by atoms with Crippen LogP contribution in [0.1, 0.15) is 61.4 Å². The van der Waals surface area contributed by atoms with E-state index in [9.17, 15) is 14.4 Å². The molecule has 0 radical (unpaired) electrons. The number of rotatable bonds is 7. The van der Waals surface area contributed by atoms with E-state index in [1.807, 2.05) is 31.2 Å². The van der Waals surface area contributed by atoms with Gasteiger partial charge >= 0.3 is 0 Å². The zero-order valence-corrected chi connectivity index (χ0v) is 20.4. The number of benzene rings is 2. The van der Waals surface area contributed by atoms with Gasteiger partial charge in [-0.1, -0.05) is 42.5 Å². The fourth-order valence-electron chi connectivity index (χ4n) is 5.90. The predicted molar refractivity (Wildman–Crippen MR) is 135 cm³/mol. The molecular weight excluding hydrogens is 440 g/mol. The average molecular weight is 475 g/mol. The van der Waals surface area contributed by atoms with Crippen LogP contribution in [0.2, 0.25) is 0 Å². The lowest BCUT2D eigenvalue weighted by molar-refractivity contribution is -0.122. The summed E-state index contributed by atoms with van der Waals surface area (Å²) < 4.78 is 0. The third-order valence-corrected chi connectivity index (χ3v) is 7.65. The Balaban J connectivity index is 1.16. The second kappa shape index (κ2) is 9.82. The third kappa shape index (κ3) is 4.69. The fraction of sp³-hybridized carbons (Fsp3) is 0.464. The molecule has 3 heterocycles. The number of carbonyl (C=O) groups is 3. The molecule has 0 spiro atoms. The number of nitrogens with zero attached hydrogens (tertiary/aromatic N) is 3. The summed E-state index contributed by atoms with van der Waals surface area (Å²) in [7, 11) is 0. The molecule has 2 atom stereocenters. The van der Waals surface area contributed by atoms with Crippen LogP contribution in [0.5, 0.6) is 0 Å². The first kappa shape index (κ1) is 23.5. The molecule has 0 aromatic heterocycles. The maximum atomic E-state index is 13.3. The van der Waals surface area contributed by atoms with E-state index in [2.05, 4.69) is 34.5 Å². The van der Waals surface area contributed by atoms with Gasteiger partial charge in [0, 0.05) is 38.5 Å². The minimum Gasteiger partial charge on any atom is -0.352 e. The summed E-state index contributed by atoms with van der Waals surface area (Å²) >= 11 is 0. The van der Waals surface area contributed by atoms with Gasteiger partial charge in [-0.3, -0.25) is 24.2 Å². The number of nitrogens with one attached hydrogen (secondary N) is 1. The van der Waals surface area contributed by atoms with Crippen molar-refractivity contribution in [2.75, 3.05) is 24.5 Å². The van der Waals surface area contributed by atoms with Crippen LogP contribution in [0.4, 0.5) is 5.69 Å². The molecule has 0 saturated carbocycles. The summed E-state index contributed by atoms with van der Waals surface area (Å²) in [6, 6.07) is 17.9. The smallest absolute Gasteiger partial charge is 0.257 e. The number of fused-ring (bicyclic) bond motifs is 3. The van der Waals surface area contributed by atoms with Crippen molar-refractivity contribution in [3.63, 3.8) is 0 Å². The van der Waals surface area contributed by atoms with Crippen molar-refractivity contribution in [2.24, 2.45) is 0 Å². The molecule has 0 bridgehead atoms. The quantitative estimate of drug-likeness (QED) is 0.666. The number of amides is 3. The Bertz CT molecular complexity index is 1100. The summed E-state index contributed by atoms with van der Waals surface area (Å²) in [4.78, 5) is 44.8. The minimum absolute atomic E-state index is 0.0333. The van der Waals surface area contributed by atoms with Gasteiger partial charge < -0.3 is 10.2 Å². The number of likely N-dealkylation sites (tertiary alicyclic amines) is 1. The van der Waals surface area contributed by atoms with E-state index >= 15 is 0 Å². The second-order valence-electron chi connectivity index (χ2n) is 10.2. The molecule has 2 aromatic carbocycles. The van der Waals surface area contributed by atoms with E-state index in [1.165, 1.54) is 5.56 Å². The summed E-state index contributed by atoms with van der Waals surface area (Å²) in [5, 5.41) is 3.21. The van der Waals surface area contributed by atoms with Crippen LogP contribution in [0.25, 0.3) is 0 Å². The SMILES string of the molecule is CC12CCC(=O)N1c1ccccc1C(=O)N2CCCC(=O)NC1CCCN(Cc2ccccc2)C1. The molecule has 2 saturated heterocycles. The molecule has 35 heavy (non-hydrogen) atoms. The van der Waals surface area contributed by atoms with Crippen molar-refractivity contribution < 1.29 is 14.4 Å². The van der Waals surface area contributed by atoms with Gasteiger partial charge in [0.2, 0.25) is 11.8 Å². The average Bonchev–Trinajstić information content (AvgIpc) is 3.17. The lowest BCUT2D eigenvalue weighted by atomic mass is 9.97. The van der Waals surface area contributed by atoms with Crippen molar-refractivity contribution >= 4 is 23.4 Å². The Hall–Kier alpha value is -3.19. The van der Waals surface area contributed by atoms with Crippen molar-refractivity contribution in [2.45, 2.75) is 63.7 Å². The highest BCUT2D eigenvalue weighted by molar-refractivity contribution is 6.10. The van der Waals surface area contributed by atoms with E-state index in [0.29, 0.717) is 43.5 Å². The fourth-order valence-corrected chi connectivity index (χ4v) is 5.90. The van der Waals surface area contributed by atoms with E-state index in [-0.39, 0.29) is 23.8 Å². The first-order valence-electron chi connectivity index (χ1n) is 12.8. The van der Waals surface area contributed by atoms with Gasteiger partial charge in [0.1, 0.15) is 5.66 Å². The molecule has 184 valence electrons. The van der Waals surface area contributed by atoms with Crippen LogP contribution >= 0.6 is 0 Å². The van der Waals surface area contributed by atoms with Crippen molar-refractivity contribution in [3.05, 3.63) is 65.7 Å². The van der Waals surface area contributed by atoms with E-state index < -0.39 is 5.66 Å². The van der Waals surface area contributed by atoms with Crippen LogP contribution in [0.3, 0.4) is 0 Å². The summed E-state index contributed by atoms with van der Waals surface area (Å²) in [6.45, 7) is 5.23. The van der Waals surface area contributed by atoms with Crippen LogP contribution in [0.15, 0.2) is 54.6 Å². The Morgan fingerprint density at radius 1 is 1.09 bits per heavy atom. The maximum Gasteiger partial charge on any atom is 0.257 e.